The molecule has 0 bridgehead atoms. The molecule has 0 saturated heterocycles. The van der Waals surface area contributed by atoms with Crippen LogP contribution in [0.5, 0.6) is 11.5 Å². The Bertz CT molecular complexity index is 4440. The third kappa shape index (κ3) is 4.85. The number of benzene rings is 12. The summed E-state index contributed by atoms with van der Waals surface area (Å²) in [5.41, 5.74) is 21.2. The van der Waals surface area contributed by atoms with Gasteiger partial charge >= 0.3 is 0 Å². The van der Waals surface area contributed by atoms with E-state index in [1.54, 1.807) is 0 Å². The number of nitrogens with zero attached hydrogens (tertiary/aromatic N) is 1. The molecule has 0 amide bonds. The molecule has 3 aliphatic carbocycles. The van der Waals surface area contributed by atoms with E-state index in [0.717, 1.165) is 83.2 Å². The quantitative estimate of drug-likeness (QED) is 0.177. The summed E-state index contributed by atoms with van der Waals surface area (Å²) in [7, 11) is 0. The molecule has 2 spiro atoms. The average Bonchev–Trinajstić information content (AvgIpc) is 4.16. The van der Waals surface area contributed by atoms with E-state index in [1.165, 1.54) is 66.8 Å². The van der Waals surface area contributed by atoms with Crippen LogP contribution in [0.25, 0.3) is 76.9 Å². The van der Waals surface area contributed by atoms with E-state index in [1.807, 2.05) is 0 Å². The lowest BCUT2D eigenvalue weighted by Gasteiger charge is -2.40. The lowest BCUT2D eigenvalue weighted by atomic mass is 9.65. The molecule has 2 heterocycles. The highest BCUT2D eigenvalue weighted by Crippen LogP contribution is 2.67. The number of anilines is 3. The topological polar surface area (TPSA) is 25.6 Å². The summed E-state index contributed by atoms with van der Waals surface area (Å²) < 4.78 is 14.1. The molecule has 1 aliphatic heterocycles. The number of hydrogen-bond acceptors (Lipinski definition) is 3. The maximum Gasteiger partial charge on any atom is 0.140 e. The summed E-state index contributed by atoms with van der Waals surface area (Å²) in [6.45, 7) is 0. The van der Waals surface area contributed by atoms with Crippen molar-refractivity contribution in [1.82, 2.24) is 0 Å². The highest BCUT2D eigenvalue weighted by molar-refractivity contribution is 6.08. The van der Waals surface area contributed by atoms with Gasteiger partial charge in [0.25, 0.3) is 0 Å². The first-order valence-corrected chi connectivity index (χ1v) is 25.3. The van der Waals surface area contributed by atoms with Crippen LogP contribution in [-0.2, 0) is 10.8 Å². The van der Waals surface area contributed by atoms with Crippen molar-refractivity contribution in [2.45, 2.75) is 10.8 Å². The Balaban J connectivity index is 0.986. The third-order valence-corrected chi connectivity index (χ3v) is 16.9. The molecular weight excluding hydrogens is 887 g/mol. The molecule has 0 atom stereocenters. The zero-order valence-corrected chi connectivity index (χ0v) is 39.4. The van der Waals surface area contributed by atoms with Crippen LogP contribution in [0.2, 0.25) is 0 Å². The predicted molar refractivity (Wildman–Crippen MR) is 297 cm³/mol. The summed E-state index contributed by atoms with van der Waals surface area (Å²) in [6.07, 6.45) is 0. The largest absolute Gasteiger partial charge is 0.456 e. The molecule has 3 heteroatoms. The summed E-state index contributed by atoms with van der Waals surface area (Å²) in [4.78, 5) is 2.51. The molecule has 0 saturated carbocycles. The zero-order valence-electron chi connectivity index (χ0n) is 39.4. The Morgan fingerprint density at radius 3 is 1.40 bits per heavy atom. The minimum atomic E-state index is -0.722. The smallest absolute Gasteiger partial charge is 0.140 e. The molecule has 1 aromatic heterocycles. The first-order chi connectivity index (χ1) is 36.2. The van der Waals surface area contributed by atoms with Crippen molar-refractivity contribution in [3.8, 4) is 44.9 Å². The van der Waals surface area contributed by atoms with Crippen LogP contribution in [0, 0.1) is 0 Å². The predicted octanol–water partition coefficient (Wildman–Crippen LogP) is 18.2. The Kier molecular flexibility index (Phi) is 7.60. The second-order valence-electron chi connectivity index (χ2n) is 20.2. The number of rotatable bonds is 3. The molecule has 4 aliphatic rings. The molecule has 12 aromatic carbocycles. The van der Waals surface area contributed by atoms with Crippen LogP contribution in [0.3, 0.4) is 0 Å². The minimum Gasteiger partial charge on any atom is -0.456 e. The third-order valence-electron chi connectivity index (χ3n) is 16.9. The molecule has 73 heavy (non-hydrogen) atoms. The maximum atomic E-state index is 7.36. The van der Waals surface area contributed by atoms with Crippen LogP contribution < -0.4 is 9.64 Å². The standard InChI is InChI=1S/C70H41NO2/c1-3-18-46-42(16-1)32-38-60-67(46)73-68-47-19-4-2-17-43(47)33-39-61(68)70(60)57-27-12-7-22-50(57)51-36-34-44(40-62(51)70)71(45-35-37-53-52-23-9-14-31-64(52)72-65(53)41-45)63-30-15-29-59-66(63)54-24-8-13-28-58(54)69(59)55-25-10-5-20-48(55)49-21-6-11-26-56(49)69/h1-41H. The summed E-state index contributed by atoms with van der Waals surface area (Å²) in [5.74, 6) is 1.81. The van der Waals surface area contributed by atoms with E-state index in [4.69, 9.17) is 9.15 Å². The molecular formula is C70H41NO2. The van der Waals surface area contributed by atoms with Crippen LogP contribution in [0.4, 0.5) is 17.1 Å². The monoisotopic (exact) mass is 927 g/mol. The first-order valence-electron chi connectivity index (χ1n) is 25.3. The van der Waals surface area contributed by atoms with Gasteiger partial charge in [0.1, 0.15) is 22.7 Å². The van der Waals surface area contributed by atoms with Crippen LogP contribution in [0.15, 0.2) is 253 Å². The normalized spacial score (nSPS) is 14.4. The van der Waals surface area contributed by atoms with Crippen molar-refractivity contribution in [1.29, 1.82) is 0 Å². The number of fused-ring (bicyclic) bond motifs is 26. The molecule has 0 N–H and O–H groups in total. The van der Waals surface area contributed by atoms with Crippen molar-refractivity contribution in [2.24, 2.45) is 0 Å². The van der Waals surface area contributed by atoms with Crippen molar-refractivity contribution < 1.29 is 9.15 Å². The van der Waals surface area contributed by atoms with Gasteiger partial charge in [-0.05, 0) is 108 Å². The SMILES string of the molecule is c1ccc2c(c1)-c1ccccc1C21c2ccccc2-c2c(N(c3ccc4c(c3)C3(c5ccccc5-4)c4ccc5ccccc5c4Oc4c3ccc3ccccc43)c3ccc4c(c3)oc3ccccc34)cccc21. The highest BCUT2D eigenvalue weighted by atomic mass is 16.5. The lowest BCUT2D eigenvalue weighted by Crippen LogP contribution is -2.32. The van der Waals surface area contributed by atoms with Gasteiger partial charge in [0.15, 0.2) is 0 Å². The van der Waals surface area contributed by atoms with Crippen molar-refractivity contribution >= 4 is 60.5 Å². The Morgan fingerprint density at radius 2 is 0.753 bits per heavy atom. The first kappa shape index (κ1) is 39.3. The Morgan fingerprint density at radius 1 is 0.288 bits per heavy atom. The van der Waals surface area contributed by atoms with Crippen molar-refractivity contribution in [2.75, 3.05) is 4.90 Å². The Hall–Kier alpha value is -9.44. The van der Waals surface area contributed by atoms with E-state index < -0.39 is 10.8 Å². The van der Waals surface area contributed by atoms with Gasteiger partial charge in [-0.15, -0.1) is 0 Å². The van der Waals surface area contributed by atoms with E-state index in [0.29, 0.717) is 0 Å². The number of para-hydroxylation sites is 1. The highest BCUT2D eigenvalue weighted by Gasteiger charge is 2.54. The second-order valence-corrected chi connectivity index (χ2v) is 20.2. The maximum absolute atomic E-state index is 7.36. The summed E-state index contributed by atoms with van der Waals surface area (Å²) in [5, 5.41) is 6.71. The number of ether oxygens (including phenoxy) is 1. The van der Waals surface area contributed by atoms with Crippen molar-refractivity contribution in [3.63, 3.8) is 0 Å². The summed E-state index contributed by atoms with van der Waals surface area (Å²) >= 11 is 0. The van der Waals surface area contributed by atoms with Gasteiger partial charge in [-0.1, -0.05) is 206 Å². The van der Waals surface area contributed by atoms with Crippen molar-refractivity contribution in [3.05, 3.63) is 293 Å². The average molecular weight is 928 g/mol. The molecule has 338 valence electrons. The van der Waals surface area contributed by atoms with Crippen LogP contribution in [-0.4, -0.2) is 0 Å². The Labute approximate surface area is 421 Å². The van der Waals surface area contributed by atoms with Gasteiger partial charge in [-0.3, -0.25) is 0 Å². The van der Waals surface area contributed by atoms with E-state index >= 15 is 0 Å². The van der Waals surface area contributed by atoms with Crippen LogP contribution >= 0.6 is 0 Å². The van der Waals surface area contributed by atoms with E-state index in [-0.39, 0.29) is 0 Å². The molecule has 0 unspecified atom stereocenters. The van der Waals surface area contributed by atoms with E-state index in [2.05, 4.69) is 254 Å². The van der Waals surface area contributed by atoms with Gasteiger partial charge in [0.05, 0.1) is 16.5 Å². The molecule has 0 radical (unpaired) electrons. The van der Waals surface area contributed by atoms with Crippen LogP contribution in [0.1, 0.15) is 44.5 Å². The van der Waals surface area contributed by atoms with Gasteiger partial charge in [-0.25, -0.2) is 0 Å². The van der Waals surface area contributed by atoms with E-state index in [9.17, 15) is 0 Å². The zero-order chi connectivity index (χ0) is 47.6. The molecule has 13 aromatic rings. The summed E-state index contributed by atoms with van der Waals surface area (Å²) in [6, 6.07) is 92.2. The van der Waals surface area contributed by atoms with Gasteiger partial charge in [-0.2, -0.15) is 0 Å². The molecule has 0 fully saturated rings. The molecule has 3 nitrogen and oxygen atoms in total. The molecule has 17 rings (SSSR count). The number of hydrogen-bond donors (Lipinski definition) is 0. The fourth-order valence-corrected chi connectivity index (χ4v) is 14.1. The number of furan rings is 1. The van der Waals surface area contributed by atoms with Gasteiger partial charge < -0.3 is 14.1 Å². The fraction of sp³-hybridized carbons (Fsp3) is 0.0286. The van der Waals surface area contributed by atoms with Gasteiger partial charge in [0, 0.05) is 55.7 Å². The lowest BCUT2D eigenvalue weighted by molar-refractivity contribution is 0.447. The second kappa shape index (κ2) is 14.1. The van der Waals surface area contributed by atoms with Gasteiger partial charge in [0.2, 0.25) is 0 Å². The minimum absolute atomic E-state index is 0.506. The fourth-order valence-electron chi connectivity index (χ4n) is 14.1.